The van der Waals surface area contributed by atoms with Gasteiger partial charge < -0.3 is 4.90 Å². The number of aryl methyl sites for hydroxylation is 1. The van der Waals surface area contributed by atoms with Crippen LogP contribution in [0.15, 0.2) is 82.7 Å². The van der Waals surface area contributed by atoms with Crippen LogP contribution in [-0.2, 0) is 16.3 Å². The van der Waals surface area contributed by atoms with Gasteiger partial charge in [0.05, 0.1) is 10.4 Å². The fraction of sp³-hybridized carbons (Fsp3) is 0.125. The number of sulfone groups is 1. The smallest absolute Gasteiger partial charge is 0.229 e. The fourth-order valence-electron chi connectivity index (χ4n) is 4.30. The van der Waals surface area contributed by atoms with E-state index in [1.807, 2.05) is 43.3 Å². The lowest BCUT2D eigenvalue weighted by molar-refractivity contribution is 0.592. The highest BCUT2D eigenvalue weighted by Gasteiger charge is 2.29. The third-order valence-electron chi connectivity index (χ3n) is 5.93. The van der Waals surface area contributed by atoms with Gasteiger partial charge in [-0.2, -0.15) is 4.52 Å². The number of aromatic nitrogens is 4. The van der Waals surface area contributed by atoms with Crippen molar-refractivity contribution < 1.29 is 8.42 Å². The molecule has 2 aromatic heterocycles. The minimum absolute atomic E-state index is 0.138. The Labute approximate surface area is 184 Å². The Morgan fingerprint density at radius 2 is 1.66 bits per heavy atom. The van der Waals surface area contributed by atoms with Crippen LogP contribution in [0.4, 0.5) is 11.5 Å². The second kappa shape index (κ2) is 6.86. The number of nitrogens with zero attached hydrogens (tertiary/aromatic N) is 5. The van der Waals surface area contributed by atoms with Crippen LogP contribution in [0.3, 0.4) is 0 Å². The first-order valence-electron chi connectivity index (χ1n) is 10.4. The van der Waals surface area contributed by atoms with Crippen molar-refractivity contribution in [1.82, 2.24) is 19.8 Å². The van der Waals surface area contributed by atoms with Gasteiger partial charge >= 0.3 is 0 Å². The first kappa shape index (κ1) is 18.9. The maximum Gasteiger partial charge on any atom is 0.229 e. The summed E-state index contributed by atoms with van der Waals surface area (Å²) in [6, 6.07) is 22.7. The van der Waals surface area contributed by atoms with Crippen LogP contribution in [0.25, 0.3) is 16.6 Å². The molecule has 3 aromatic carbocycles. The minimum atomic E-state index is -3.88. The van der Waals surface area contributed by atoms with Crippen LogP contribution >= 0.6 is 0 Å². The first-order chi connectivity index (χ1) is 15.5. The summed E-state index contributed by atoms with van der Waals surface area (Å²) in [5.74, 6) is 0.709. The summed E-state index contributed by atoms with van der Waals surface area (Å²) in [4.78, 5) is 7.16. The average Bonchev–Trinajstić information content (AvgIpc) is 3.44. The fourth-order valence-corrected chi connectivity index (χ4v) is 5.53. The van der Waals surface area contributed by atoms with E-state index in [-0.39, 0.29) is 15.6 Å². The molecule has 0 amide bonds. The zero-order chi connectivity index (χ0) is 21.9. The molecule has 3 heterocycles. The average molecular weight is 442 g/mol. The van der Waals surface area contributed by atoms with Gasteiger partial charge in [0.1, 0.15) is 5.82 Å². The number of hydrogen-bond acceptors (Lipinski definition) is 6. The Balaban J connectivity index is 1.62. The van der Waals surface area contributed by atoms with Crippen molar-refractivity contribution in [3.8, 4) is 0 Å². The van der Waals surface area contributed by atoms with E-state index in [9.17, 15) is 8.42 Å². The predicted octanol–water partition coefficient (Wildman–Crippen LogP) is 4.11. The van der Waals surface area contributed by atoms with Crippen LogP contribution in [-0.4, -0.2) is 34.8 Å². The summed E-state index contributed by atoms with van der Waals surface area (Å²) in [5, 5.41) is 9.00. The molecule has 7 nitrogen and oxygen atoms in total. The molecule has 0 fully saturated rings. The lowest BCUT2D eigenvalue weighted by Crippen LogP contribution is -2.16. The number of hydrogen-bond donors (Lipinski definition) is 0. The zero-order valence-electron chi connectivity index (χ0n) is 17.3. The standard InChI is InChI=1S/C24H19N5O2S/c1-16-10-12-18(13-11-16)32(30,31)24-23-25-22(28-15-14-17-6-2-4-8-20(17)28)19-7-3-5-9-21(19)29(23)27-26-24/h2-13H,14-15H2,1H3. The van der Waals surface area contributed by atoms with E-state index in [4.69, 9.17) is 4.98 Å². The molecule has 0 bridgehead atoms. The van der Waals surface area contributed by atoms with Crippen molar-refractivity contribution in [2.24, 2.45) is 0 Å². The van der Waals surface area contributed by atoms with E-state index in [0.717, 1.165) is 35.1 Å². The SMILES string of the molecule is Cc1ccc(S(=O)(=O)c2nnn3c2nc(N2CCc4ccccc42)c2ccccc23)cc1. The zero-order valence-corrected chi connectivity index (χ0v) is 18.1. The molecule has 0 saturated heterocycles. The van der Waals surface area contributed by atoms with E-state index in [1.165, 1.54) is 10.1 Å². The molecule has 0 unspecified atom stereocenters. The Morgan fingerprint density at radius 3 is 2.50 bits per heavy atom. The molecule has 8 heteroatoms. The van der Waals surface area contributed by atoms with E-state index in [2.05, 4.69) is 27.3 Å². The van der Waals surface area contributed by atoms with E-state index < -0.39 is 9.84 Å². The monoisotopic (exact) mass is 441 g/mol. The molecule has 0 N–H and O–H groups in total. The lowest BCUT2D eigenvalue weighted by Gasteiger charge is -2.20. The number of fused-ring (bicyclic) bond motifs is 4. The summed E-state index contributed by atoms with van der Waals surface area (Å²) >= 11 is 0. The molecule has 0 radical (unpaired) electrons. The van der Waals surface area contributed by atoms with Crippen LogP contribution in [0.1, 0.15) is 11.1 Å². The molecular formula is C24H19N5O2S. The number of benzene rings is 3. The van der Waals surface area contributed by atoms with Gasteiger partial charge in [-0.25, -0.2) is 13.4 Å². The highest BCUT2D eigenvalue weighted by Crippen LogP contribution is 2.38. The van der Waals surface area contributed by atoms with Gasteiger partial charge in [-0.1, -0.05) is 53.2 Å². The third-order valence-corrected chi connectivity index (χ3v) is 7.60. The van der Waals surface area contributed by atoms with Gasteiger partial charge in [0.25, 0.3) is 0 Å². The van der Waals surface area contributed by atoms with E-state index in [1.54, 1.807) is 24.3 Å². The highest BCUT2D eigenvalue weighted by atomic mass is 32.2. The number of para-hydroxylation sites is 2. The van der Waals surface area contributed by atoms with Crippen molar-refractivity contribution in [3.63, 3.8) is 0 Å². The molecule has 158 valence electrons. The quantitative estimate of drug-likeness (QED) is 0.419. The second-order valence-corrected chi connectivity index (χ2v) is 9.79. The minimum Gasteiger partial charge on any atom is -0.325 e. The molecule has 32 heavy (non-hydrogen) atoms. The van der Waals surface area contributed by atoms with Crippen molar-refractivity contribution in [2.45, 2.75) is 23.3 Å². The summed E-state index contributed by atoms with van der Waals surface area (Å²) in [6.45, 7) is 2.69. The van der Waals surface area contributed by atoms with Gasteiger partial charge in [-0.15, -0.1) is 5.10 Å². The van der Waals surface area contributed by atoms with Crippen LogP contribution in [0.5, 0.6) is 0 Å². The molecule has 0 aliphatic carbocycles. The highest BCUT2D eigenvalue weighted by molar-refractivity contribution is 7.91. The normalized spacial score (nSPS) is 13.7. The molecule has 1 aliphatic rings. The van der Waals surface area contributed by atoms with Gasteiger partial charge in [0, 0.05) is 17.6 Å². The van der Waals surface area contributed by atoms with Gasteiger partial charge in [0.2, 0.25) is 14.9 Å². The van der Waals surface area contributed by atoms with E-state index in [0.29, 0.717) is 5.82 Å². The molecular weight excluding hydrogens is 422 g/mol. The van der Waals surface area contributed by atoms with Gasteiger partial charge in [-0.05, 0) is 49.2 Å². The summed E-state index contributed by atoms with van der Waals surface area (Å²) in [7, 11) is -3.88. The predicted molar refractivity (Wildman–Crippen MR) is 122 cm³/mol. The lowest BCUT2D eigenvalue weighted by atomic mass is 10.2. The Bertz CT molecular complexity index is 1610. The third kappa shape index (κ3) is 2.73. The summed E-state index contributed by atoms with van der Waals surface area (Å²) < 4.78 is 28.4. The first-order valence-corrected chi connectivity index (χ1v) is 11.8. The largest absolute Gasteiger partial charge is 0.325 e. The number of anilines is 2. The molecule has 5 aromatic rings. The maximum absolute atomic E-state index is 13.4. The molecule has 0 saturated carbocycles. The molecule has 6 rings (SSSR count). The maximum atomic E-state index is 13.4. The topological polar surface area (TPSA) is 80.5 Å². The van der Waals surface area contributed by atoms with Crippen LogP contribution < -0.4 is 4.90 Å². The van der Waals surface area contributed by atoms with Gasteiger partial charge in [0.15, 0.2) is 5.65 Å². The Hall–Kier alpha value is -3.78. The molecule has 1 aliphatic heterocycles. The van der Waals surface area contributed by atoms with E-state index >= 15 is 0 Å². The van der Waals surface area contributed by atoms with Crippen LogP contribution in [0.2, 0.25) is 0 Å². The Morgan fingerprint density at radius 1 is 0.906 bits per heavy atom. The van der Waals surface area contributed by atoms with Crippen molar-refractivity contribution in [2.75, 3.05) is 11.4 Å². The molecule has 0 atom stereocenters. The summed E-state index contributed by atoms with van der Waals surface area (Å²) in [5.41, 5.74) is 4.30. The van der Waals surface area contributed by atoms with Crippen molar-refractivity contribution in [3.05, 3.63) is 83.9 Å². The Kier molecular flexibility index (Phi) is 4.06. The second-order valence-electron chi connectivity index (χ2n) is 7.93. The van der Waals surface area contributed by atoms with Gasteiger partial charge in [-0.3, -0.25) is 0 Å². The van der Waals surface area contributed by atoms with Crippen molar-refractivity contribution in [1.29, 1.82) is 0 Å². The van der Waals surface area contributed by atoms with Crippen molar-refractivity contribution >= 4 is 37.9 Å². The number of rotatable bonds is 3. The van der Waals surface area contributed by atoms with Crippen LogP contribution in [0, 0.1) is 6.92 Å². The summed E-state index contributed by atoms with van der Waals surface area (Å²) in [6.07, 6.45) is 0.906. The molecule has 0 spiro atoms.